The van der Waals surface area contributed by atoms with Gasteiger partial charge < -0.3 is 5.73 Å². The van der Waals surface area contributed by atoms with Gasteiger partial charge in [-0.3, -0.25) is 0 Å². The highest BCUT2D eigenvalue weighted by atomic mass is 35.5. The van der Waals surface area contributed by atoms with E-state index in [9.17, 15) is 4.79 Å². The molecule has 66 valence electrons. The number of hydrogen-bond donors (Lipinski definition) is 1. The zero-order valence-corrected chi connectivity index (χ0v) is 7.59. The van der Waals surface area contributed by atoms with Gasteiger partial charge in [0.15, 0.2) is 0 Å². The molecule has 0 fully saturated rings. The third-order valence-electron chi connectivity index (χ3n) is 1.91. The van der Waals surface area contributed by atoms with Gasteiger partial charge in [0.1, 0.15) is 10.7 Å². The van der Waals surface area contributed by atoms with E-state index in [-0.39, 0.29) is 0 Å². The summed E-state index contributed by atoms with van der Waals surface area (Å²) in [5.41, 5.74) is 6.74. The molecule has 1 heterocycles. The van der Waals surface area contributed by atoms with Crippen LogP contribution in [0.2, 0.25) is 5.02 Å². The van der Waals surface area contributed by atoms with Crippen LogP contribution in [0.3, 0.4) is 0 Å². The average Bonchev–Trinajstić information content (AvgIpc) is 2.44. The molecule has 1 aromatic carbocycles. The third-order valence-corrected chi connectivity index (χ3v) is 2.30. The molecule has 0 aliphatic carbocycles. The number of carbonyl (C=O) groups excluding carboxylic acids is 1. The lowest BCUT2D eigenvalue weighted by atomic mass is 10.2. The maximum Gasteiger partial charge on any atom is 0.368 e. The van der Waals surface area contributed by atoms with E-state index in [0.29, 0.717) is 21.4 Å². The van der Waals surface area contributed by atoms with Gasteiger partial charge in [-0.25, -0.2) is 4.79 Å². The molecule has 1 aliphatic heterocycles. The number of nitrogen functional groups attached to an aromatic ring is 1. The molecule has 0 radical (unpaired) electrons. The van der Waals surface area contributed by atoms with Crippen molar-refractivity contribution in [1.82, 2.24) is 0 Å². The van der Waals surface area contributed by atoms with E-state index in [1.165, 1.54) is 0 Å². The first-order valence-electron chi connectivity index (χ1n) is 3.65. The molecular formula is C8H6ClN3O. The summed E-state index contributed by atoms with van der Waals surface area (Å²) in [5, 5.41) is 1.44. The molecule has 2 N–H and O–H groups in total. The van der Waals surface area contributed by atoms with Crippen molar-refractivity contribution in [3.05, 3.63) is 27.4 Å². The molecule has 0 saturated heterocycles. The first-order chi connectivity index (χ1) is 6.09. The third kappa shape index (κ3) is 1.10. The van der Waals surface area contributed by atoms with E-state index >= 15 is 0 Å². The number of urea groups is 1. The molecule has 4 nitrogen and oxygen atoms in total. The summed E-state index contributed by atoms with van der Waals surface area (Å²) >= 11 is 5.85. The molecule has 1 aliphatic rings. The molecular weight excluding hydrogens is 190 g/mol. The van der Waals surface area contributed by atoms with Gasteiger partial charge in [0.2, 0.25) is 0 Å². The molecule has 2 amide bonds. The van der Waals surface area contributed by atoms with E-state index in [2.05, 4.69) is 9.98 Å². The normalized spacial score (nSPS) is 13.5. The highest BCUT2D eigenvalue weighted by Crippen LogP contribution is 2.12. The molecule has 1 aromatic rings. The van der Waals surface area contributed by atoms with E-state index in [1.807, 2.05) is 0 Å². The quantitative estimate of drug-likeness (QED) is 0.616. The van der Waals surface area contributed by atoms with Crippen LogP contribution in [0.15, 0.2) is 16.1 Å². The standard InChI is InChI=1S/C8H6ClN3O/c1-3-4(9)2-5(10)7-6(3)11-8(13)12-7/h2H,10H2,1H3. The van der Waals surface area contributed by atoms with Crippen molar-refractivity contribution in [2.75, 3.05) is 5.73 Å². The van der Waals surface area contributed by atoms with Gasteiger partial charge in [-0.15, -0.1) is 0 Å². The van der Waals surface area contributed by atoms with Gasteiger partial charge in [0.25, 0.3) is 0 Å². The van der Waals surface area contributed by atoms with Crippen LogP contribution in [0.4, 0.5) is 10.5 Å². The van der Waals surface area contributed by atoms with Gasteiger partial charge in [-0.2, -0.15) is 9.98 Å². The number of nitrogens with zero attached hydrogens (tertiary/aromatic N) is 2. The number of amides is 2. The number of nitrogens with two attached hydrogens (primary N) is 1. The second-order valence-corrected chi connectivity index (χ2v) is 3.18. The predicted octanol–water partition coefficient (Wildman–Crippen LogP) is 0.603. The van der Waals surface area contributed by atoms with E-state index < -0.39 is 6.03 Å². The summed E-state index contributed by atoms with van der Waals surface area (Å²) in [6, 6.07) is 1.06. The van der Waals surface area contributed by atoms with E-state index in [1.54, 1.807) is 13.0 Å². The Morgan fingerprint density at radius 2 is 2.00 bits per heavy atom. The number of benzene rings is 1. The van der Waals surface area contributed by atoms with Crippen LogP contribution in [0.25, 0.3) is 0 Å². The molecule has 0 saturated carbocycles. The van der Waals surface area contributed by atoms with Crippen molar-refractivity contribution in [3.8, 4) is 0 Å². The van der Waals surface area contributed by atoms with Crippen molar-refractivity contribution >= 4 is 23.3 Å². The Morgan fingerprint density at radius 3 is 2.69 bits per heavy atom. The number of hydrogen-bond acceptors (Lipinski definition) is 2. The summed E-state index contributed by atoms with van der Waals surface area (Å²) in [5.74, 6) is 0. The minimum absolute atomic E-state index is 0.389. The number of fused-ring (bicyclic) bond motifs is 1. The number of anilines is 1. The Morgan fingerprint density at radius 1 is 1.38 bits per heavy atom. The van der Waals surface area contributed by atoms with Crippen molar-refractivity contribution in [3.63, 3.8) is 0 Å². The van der Waals surface area contributed by atoms with Crippen LogP contribution < -0.4 is 16.4 Å². The summed E-state index contributed by atoms with van der Waals surface area (Å²) in [7, 11) is 0. The first-order valence-corrected chi connectivity index (χ1v) is 4.03. The van der Waals surface area contributed by atoms with Crippen LogP contribution >= 0.6 is 11.6 Å². The minimum Gasteiger partial charge on any atom is -0.397 e. The molecule has 0 unspecified atom stereocenters. The smallest absolute Gasteiger partial charge is 0.368 e. The van der Waals surface area contributed by atoms with Crippen molar-refractivity contribution in [1.29, 1.82) is 0 Å². The second kappa shape index (κ2) is 2.53. The Kier molecular flexibility index (Phi) is 1.60. The van der Waals surface area contributed by atoms with Crippen molar-refractivity contribution in [2.45, 2.75) is 6.92 Å². The fraction of sp³-hybridized carbons (Fsp3) is 0.125. The molecule has 0 atom stereocenters. The van der Waals surface area contributed by atoms with Crippen LogP contribution in [-0.4, -0.2) is 6.03 Å². The van der Waals surface area contributed by atoms with Gasteiger partial charge in [0, 0.05) is 5.02 Å². The fourth-order valence-electron chi connectivity index (χ4n) is 1.21. The van der Waals surface area contributed by atoms with Crippen LogP contribution in [-0.2, 0) is 0 Å². The lowest BCUT2D eigenvalue weighted by molar-refractivity contribution is 0.256. The summed E-state index contributed by atoms with van der Waals surface area (Å²) in [6.07, 6.45) is 0. The number of halogens is 1. The largest absolute Gasteiger partial charge is 0.397 e. The molecule has 13 heavy (non-hydrogen) atoms. The number of rotatable bonds is 0. The van der Waals surface area contributed by atoms with Crippen LogP contribution in [0, 0.1) is 6.92 Å². The fourth-order valence-corrected chi connectivity index (χ4v) is 1.42. The Bertz CT molecular complexity index is 521. The molecule has 0 spiro atoms. The lowest BCUT2D eigenvalue weighted by Gasteiger charge is -1.97. The predicted molar refractivity (Wildman–Crippen MR) is 48.3 cm³/mol. The minimum atomic E-state index is -0.521. The van der Waals surface area contributed by atoms with E-state index in [4.69, 9.17) is 17.3 Å². The highest BCUT2D eigenvalue weighted by molar-refractivity contribution is 6.31. The molecule has 2 rings (SSSR count). The van der Waals surface area contributed by atoms with E-state index in [0.717, 1.165) is 5.56 Å². The van der Waals surface area contributed by atoms with Gasteiger partial charge in [-0.05, 0) is 18.6 Å². The number of carbonyl (C=O) groups is 1. The van der Waals surface area contributed by atoms with Crippen LogP contribution in [0.5, 0.6) is 0 Å². The molecule has 0 aromatic heterocycles. The van der Waals surface area contributed by atoms with Gasteiger partial charge >= 0.3 is 6.03 Å². The Hall–Kier alpha value is -1.42. The monoisotopic (exact) mass is 195 g/mol. The second-order valence-electron chi connectivity index (χ2n) is 2.78. The summed E-state index contributed by atoms with van der Waals surface area (Å²) in [6.45, 7) is 1.78. The zero-order valence-electron chi connectivity index (χ0n) is 6.84. The van der Waals surface area contributed by atoms with Gasteiger partial charge in [-0.1, -0.05) is 11.6 Å². The first kappa shape index (κ1) is 8.19. The maximum absolute atomic E-state index is 10.9. The average molecular weight is 196 g/mol. The molecule has 5 heteroatoms. The Balaban J connectivity index is 3.02. The van der Waals surface area contributed by atoms with Gasteiger partial charge in [0.05, 0.1) is 5.69 Å². The summed E-state index contributed by atoms with van der Waals surface area (Å²) < 4.78 is 0. The SMILES string of the molecule is Cc1c(Cl)cc(N)c2c1=NC(=O)N=2. The summed E-state index contributed by atoms with van der Waals surface area (Å²) in [4.78, 5) is 18.3. The van der Waals surface area contributed by atoms with Crippen LogP contribution in [0.1, 0.15) is 5.56 Å². The van der Waals surface area contributed by atoms with Crippen molar-refractivity contribution < 1.29 is 4.79 Å². The van der Waals surface area contributed by atoms with Crippen molar-refractivity contribution in [2.24, 2.45) is 9.98 Å². The topological polar surface area (TPSA) is 67.8 Å². The Labute approximate surface area is 78.8 Å². The highest BCUT2D eigenvalue weighted by Gasteiger charge is 2.12. The lowest BCUT2D eigenvalue weighted by Crippen LogP contribution is -2.28. The molecule has 0 bridgehead atoms. The maximum atomic E-state index is 10.9. The zero-order chi connectivity index (χ0) is 9.59.